The third kappa shape index (κ3) is 3.89. The second-order valence-electron chi connectivity index (χ2n) is 6.39. The third-order valence-electron chi connectivity index (χ3n) is 4.17. The number of aryl methyl sites for hydroxylation is 2. The van der Waals surface area contributed by atoms with Crippen molar-refractivity contribution in [3.63, 3.8) is 0 Å². The predicted molar refractivity (Wildman–Crippen MR) is 95.6 cm³/mol. The van der Waals surface area contributed by atoms with Gasteiger partial charge < -0.3 is 15.1 Å². The molecular formula is C18H23N5O. The van der Waals surface area contributed by atoms with Crippen LogP contribution in [0.1, 0.15) is 21.5 Å². The van der Waals surface area contributed by atoms with Gasteiger partial charge in [0.1, 0.15) is 0 Å². The lowest BCUT2D eigenvalue weighted by Gasteiger charge is -2.32. The van der Waals surface area contributed by atoms with Crippen LogP contribution in [0.25, 0.3) is 0 Å². The van der Waals surface area contributed by atoms with Crippen LogP contribution in [0.15, 0.2) is 30.6 Å². The monoisotopic (exact) mass is 325 g/mol. The highest BCUT2D eigenvalue weighted by atomic mass is 16.1. The van der Waals surface area contributed by atoms with E-state index in [0.717, 1.165) is 37.3 Å². The molecule has 1 aromatic heterocycles. The maximum atomic E-state index is 12.4. The molecule has 1 saturated heterocycles. The van der Waals surface area contributed by atoms with E-state index in [0.29, 0.717) is 17.2 Å². The highest BCUT2D eigenvalue weighted by Crippen LogP contribution is 2.14. The first kappa shape index (κ1) is 16.4. The fourth-order valence-corrected chi connectivity index (χ4v) is 2.86. The summed E-state index contributed by atoms with van der Waals surface area (Å²) in [5.41, 5.74) is 3.40. The van der Waals surface area contributed by atoms with E-state index in [1.807, 2.05) is 32.0 Å². The number of aromatic nitrogens is 2. The molecule has 1 aliphatic rings. The molecule has 0 spiro atoms. The fourth-order valence-electron chi connectivity index (χ4n) is 2.86. The topological polar surface area (TPSA) is 61.4 Å². The quantitative estimate of drug-likeness (QED) is 0.936. The molecule has 126 valence electrons. The summed E-state index contributed by atoms with van der Waals surface area (Å²) in [7, 11) is 2.11. The van der Waals surface area contributed by atoms with Gasteiger partial charge in [-0.2, -0.15) is 0 Å². The number of hydrogen-bond donors (Lipinski definition) is 1. The van der Waals surface area contributed by atoms with Crippen LogP contribution in [-0.2, 0) is 0 Å². The van der Waals surface area contributed by atoms with E-state index in [-0.39, 0.29) is 5.91 Å². The third-order valence-corrected chi connectivity index (χ3v) is 4.17. The van der Waals surface area contributed by atoms with E-state index < -0.39 is 0 Å². The Balaban J connectivity index is 1.66. The second kappa shape index (κ2) is 6.97. The number of carbonyl (C=O) groups is 1. The molecule has 1 aliphatic heterocycles. The van der Waals surface area contributed by atoms with Crippen molar-refractivity contribution in [1.82, 2.24) is 14.9 Å². The maximum absolute atomic E-state index is 12.4. The first-order chi connectivity index (χ1) is 11.5. The van der Waals surface area contributed by atoms with Crippen LogP contribution in [0.5, 0.6) is 0 Å². The number of nitrogens with zero attached hydrogens (tertiary/aromatic N) is 4. The average Bonchev–Trinajstić information content (AvgIpc) is 2.55. The molecule has 1 N–H and O–H groups in total. The molecule has 2 heterocycles. The Morgan fingerprint density at radius 1 is 1.00 bits per heavy atom. The Kier molecular flexibility index (Phi) is 4.76. The van der Waals surface area contributed by atoms with E-state index in [4.69, 9.17) is 0 Å². The van der Waals surface area contributed by atoms with E-state index >= 15 is 0 Å². The van der Waals surface area contributed by atoms with Gasteiger partial charge in [-0.25, -0.2) is 9.97 Å². The summed E-state index contributed by atoms with van der Waals surface area (Å²) < 4.78 is 0. The van der Waals surface area contributed by atoms with Crippen molar-refractivity contribution >= 4 is 17.5 Å². The van der Waals surface area contributed by atoms with Crippen molar-refractivity contribution in [2.45, 2.75) is 13.8 Å². The van der Waals surface area contributed by atoms with Crippen LogP contribution in [0.3, 0.4) is 0 Å². The SMILES string of the molecule is Cc1cc(C)cc(C(=O)Nc2cnc(N3CCN(C)CC3)nc2)c1. The van der Waals surface area contributed by atoms with Crippen molar-refractivity contribution in [2.75, 3.05) is 43.4 Å². The molecule has 1 fully saturated rings. The molecule has 6 heteroatoms. The molecule has 0 unspecified atom stereocenters. The standard InChI is InChI=1S/C18H23N5O/c1-13-8-14(2)10-15(9-13)17(24)21-16-11-19-18(20-12-16)23-6-4-22(3)5-7-23/h8-12H,4-7H2,1-3H3,(H,21,24). The zero-order valence-corrected chi connectivity index (χ0v) is 14.4. The molecular weight excluding hydrogens is 302 g/mol. The molecule has 0 radical (unpaired) electrons. The second-order valence-corrected chi connectivity index (χ2v) is 6.39. The van der Waals surface area contributed by atoms with E-state index in [9.17, 15) is 4.79 Å². The molecule has 6 nitrogen and oxygen atoms in total. The van der Waals surface area contributed by atoms with E-state index in [2.05, 4.69) is 32.1 Å². The number of carbonyl (C=O) groups excluding carboxylic acids is 1. The van der Waals surface area contributed by atoms with E-state index in [1.165, 1.54) is 0 Å². The average molecular weight is 325 g/mol. The van der Waals surface area contributed by atoms with Crippen LogP contribution in [-0.4, -0.2) is 54.0 Å². The van der Waals surface area contributed by atoms with Crippen LogP contribution in [0, 0.1) is 13.8 Å². The smallest absolute Gasteiger partial charge is 0.255 e. The number of rotatable bonds is 3. The summed E-state index contributed by atoms with van der Waals surface area (Å²) in [6.45, 7) is 7.83. The van der Waals surface area contributed by atoms with Gasteiger partial charge in [-0.15, -0.1) is 0 Å². The molecule has 0 bridgehead atoms. The van der Waals surface area contributed by atoms with Gasteiger partial charge in [-0.3, -0.25) is 4.79 Å². The lowest BCUT2D eigenvalue weighted by Crippen LogP contribution is -2.45. The predicted octanol–water partition coefficient (Wildman–Crippen LogP) is 2.10. The normalized spacial score (nSPS) is 15.4. The highest BCUT2D eigenvalue weighted by Gasteiger charge is 2.16. The Bertz CT molecular complexity index is 700. The van der Waals surface area contributed by atoms with Crippen LogP contribution >= 0.6 is 0 Å². The van der Waals surface area contributed by atoms with Crippen LogP contribution in [0.4, 0.5) is 11.6 Å². The minimum absolute atomic E-state index is 0.141. The number of hydrogen-bond acceptors (Lipinski definition) is 5. The Morgan fingerprint density at radius 2 is 1.58 bits per heavy atom. The van der Waals surface area contributed by atoms with Gasteiger partial charge in [-0.1, -0.05) is 17.2 Å². The molecule has 0 atom stereocenters. The van der Waals surface area contributed by atoms with Crippen molar-refractivity contribution in [3.05, 3.63) is 47.3 Å². The Hall–Kier alpha value is -2.47. The van der Waals surface area contributed by atoms with Crippen molar-refractivity contribution < 1.29 is 4.79 Å². The summed E-state index contributed by atoms with van der Waals surface area (Å²) >= 11 is 0. The molecule has 1 amide bonds. The van der Waals surface area contributed by atoms with Gasteiger partial charge >= 0.3 is 0 Å². The number of nitrogens with one attached hydrogen (secondary N) is 1. The largest absolute Gasteiger partial charge is 0.338 e. The lowest BCUT2D eigenvalue weighted by atomic mass is 10.1. The van der Waals surface area contributed by atoms with Crippen molar-refractivity contribution in [3.8, 4) is 0 Å². The lowest BCUT2D eigenvalue weighted by molar-refractivity contribution is 0.102. The Labute approximate surface area is 142 Å². The molecule has 3 rings (SSSR count). The minimum Gasteiger partial charge on any atom is -0.338 e. The minimum atomic E-state index is -0.141. The first-order valence-electron chi connectivity index (χ1n) is 8.16. The van der Waals surface area contributed by atoms with Gasteiger partial charge in [0.2, 0.25) is 5.95 Å². The van der Waals surface area contributed by atoms with Gasteiger partial charge in [0, 0.05) is 31.7 Å². The summed E-state index contributed by atoms with van der Waals surface area (Å²) in [6, 6.07) is 5.80. The summed E-state index contributed by atoms with van der Waals surface area (Å²) in [6.07, 6.45) is 3.34. The van der Waals surface area contributed by atoms with Gasteiger partial charge in [0.05, 0.1) is 18.1 Å². The summed E-state index contributed by atoms with van der Waals surface area (Å²) in [5.74, 6) is 0.574. The summed E-state index contributed by atoms with van der Waals surface area (Å²) in [5, 5.41) is 2.86. The number of piperazine rings is 1. The molecule has 1 aromatic carbocycles. The Morgan fingerprint density at radius 3 is 2.17 bits per heavy atom. The molecule has 0 saturated carbocycles. The fraction of sp³-hybridized carbons (Fsp3) is 0.389. The zero-order valence-electron chi connectivity index (χ0n) is 14.4. The van der Waals surface area contributed by atoms with Crippen molar-refractivity contribution in [2.24, 2.45) is 0 Å². The number of amides is 1. The molecule has 2 aromatic rings. The van der Waals surface area contributed by atoms with Crippen LogP contribution < -0.4 is 10.2 Å². The first-order valence-corrected chi connectivity index (χ1v) is 8.16. The van der Waals surface area contributed by atoms with Crippen molar-refractivity contribution in [1.29, 1.82) is 0 Å². The van der Waals surface area contributed by atoms with Crippen LogP contribution in [0.2, 0.25) is 0 Å². The molecule has 24 heavy (non-hydrogen) atoms. The number of likely N-dealkylation sites (N-methyl/N-ethyl adjacent to an activating group) is 1. The van der Waals surface area contributed by atoms with Gasteiger partial charge in [0.15, 0.2) is 0 Å². The zero-order chi connectivity index (χ0) is 17.1. The summed E-state index contributed by atoms with van der Waals surface area (Å²) in [4.78, 5) is 25.6. The number of benzene rings is 1. The van der Waals surface area contributed by atoms with Gasteiger partial charge in [0.25, 0.3) is 5.91 Å². The molecule has 0 aliphatic carbocycles. The highest BCUT2D eigenvalue weighted by molar-refractivity contribution is 6.04. The van der Waals surface area contributed by atoms with E-state index in [1.54, 1.807) is 12.4 Å². The van der Waals surface area contributed by atoms with Gasteiger partial charge in [-0.05, 0) is 33.0 Å². The maximum Gasteiger partial charge on any atom is 0.255 e. The number of anilines is 2.